The van der Waals surface area contributed by atoms with Crippen molar-refractivity contribution in [3.05, 3.63) is 34.5 Å². The van der Waals surface area contributed by atoms with Gasteiger partial charge in [0.05, 0.1) is 22.7 Å². The largest absolute Gasteiger partial charge is 0.337 e. The molecule has 0 saturated heterocycles. The molecule has 0 radical (unpaired) electrons. The number of aryl methyl sites for hydroxylation is 2. The van der Waals surface area contributed by atoms with E-state index in [4.69, 9.17) is 4.52 Å². The summed E-state index contributed by atoms with van der Waals surface area (Å²) in [4.78, 5) is 14.0. The first-order chi connectivity index (χ1) is 11.4. The molecule has 8 heteroatoms. The Kier molecular flexibility index (Phi) is 3.21. The van der Waals surface area contributed by atoms with E-state index in [0.29, 0.717) is 17.8 Å². The molecular formula is C16H17N3O4S. The zero-order valence-corrected chi connectivity index (χ0v) is 14.2. The fourth-order valence-electron chi connectivity index (χ4n) is 3.29. The summed E-state index contributed by atoms with van der Waals surface area (Å²) in [6.45, 7) is 4.20. The third-order valence-corrected chi connectivity index (χ3v) is 5.99. The molecule has 0 bridgehead atoms. The van der Waals surface area contributed by atoms with Crippen molar-refractivity contribution in [1.82, 2.24) is 5.16 Å². The number of amides is 1. The fourth-order valence-corrected chi connectivity index (χ4v) is 4.44. The van der Waals surface area contributed by atoms with Crippen LogP contribution in [0.2, 0.25) is 0 Å². The molecule has 1 aromatic carbocycles. The Bertz CT molecular complexity index is 962. The molecule has 126 valence electrons. The molecule has 0 spiro atoms. The summed E-state index contributed by atoms with van der Waals surface area (Å²) in [6.07, 6.45) is 1.87. The zero-order valence-electron chi connectivity index (χ0n) is 13.4. The molecule has 2 aromatic rings. The Balaban J connectivity index is 1.76. The molecule has 24 heavy (non-hydrogen) atoms. The van der Waals surface area contributed by atoms with Crippen LogP contribution < -0.4 is 9.62 Å². The lowest BCUT2D eigenvalue weighted by molar-refractivity contribution is -0.117. The maximum Gasteiger partial charge on any atom is 0.264 e. The molecule has 2 aliphatic heterocycles. The van der Waals surface area contributed by atoms with Gasteiger partial charge < -0.3 is 9.42 Å². The van der Waals surface area contributed by atoms with E-state index < -0.39 is 10.0 Å². The van der Waals surface area contributed by atoms with E-state index in [2.05, 4.69) is 9.88 Å². The molecule has 1 amide bonds. The van der Waals surface area contributed by atoms with Crippen molar-refractivity contribution in [2.45, 2.75) is 38.0 Å². The van der Waals surface area contributed by atoms with Crippen molar-refractivity contribution in [2.24, 2.45) is 0 Å². The minimum atomic E-state index is -3.80. The minimum Gasteiger partial charge on any atom is -0.337 e. The monoisotopic (exact) mass is 347 g/mol. The lowest BCUT2D eigenvalue weighted by atomic mass is 10.0. The van der Waals surface area contributed by atoms with Gasteiger partial charge >= 0.3 is 0 Å². The standard InChI is InChI=1S/C16H17N3O4S/c1-9-10(2)17-23-16(9)18-24(21,22)13-6-11-4-3-5-19-14(20)8-12(7-13)15(11)19/h6-7,18H,3-5,8H2,1-2H3. The summed E-state index contributed by atoms with van der Waals surface area (Å²) in [5.41, 5.74) is 3.88. The molecule has 1 aromatic heterocycles. The van der Waals surface area contributed by atoms with Gasteiger partial charge in [0, 0.05) is 12.1 Å². The van der Waals surface area contributed by atoms with Crippen molar-refractivity contribution in [2.75, 3.05) is 16.2 Å². The summed E-state index contributed by atoms with van der Waals surface area (Å²) in [5.74, 6) is 0.162. The van der Waals surface area contributed by atoms with Crippen molar-refractivity contribution < 1.29 is 17.7 Å². The zero-order chi connectivity index (χ0) is 17.1. The molecule has 0 saturated carbocycles. The second-order valence-corrected chi connectivity index (χ2v) is 7.93. The number of carbonyl (C=O) groups is 1. The Morgan fingerprint density at radius 2 is 2.00 bits per heavy atom. The summed E-state index contributed by atoms with van der Waals surface area (Å²) in [6, 6.07) is 3.24. The fraction of sp³-hybridized carbons (Fsp3) is 0.375. The van der Waals surface area contributed by atoms with Crippen molar-refractivity contribution >= 4 is 27.5 Å². The number of sulfonamides is 1. The highest BCUT2D eigenvalue weighted by Crippen LogP contribution is 2.38. The normalized spacial score (nSPS) is 16.4. The van der Waals surface area contributed by atoms with Crippen molar-refractivity contribution in [1.29, 1.82) is 0 Å². The predicted molar refractivity (Wildman–Crippen MR) is 87.6 cm³/mol. The molecule has 2 aliphatic rings. The molecule has 0 atom stereocenters. The number of carbonyl (C=O) groups excluding carboxylic acids is 1. The highest BCUT2D eigenvalue weighted by atomic mass is 32.2. The van der Waals surface area contributed by atoms with Crippen LogP contribution >= 0.6 is 0 Å². The Morgan fingerprint density at radius 1 is 1.25 bits per heavy atom. The third kappa shape index (κ3) is 2.21. The maximum absolute atomic E-state index is 12.7. The number of hydrogen-bond donors (Lipinski definition) is 1. The summed E-state index contributed by atoms with van der Waals surface area (Å²) >= 11 is 0. The third-order valence-electron chi connectivity index (χ3n) is 4.68. The smallest absolute Gasteiger partial charge is 0.264 e. The number of rotatable bonds is 3. The van der Waals surface area contributed by atoms with Crippen LogP contribution in [-0.2, 0) is 27.7 Å². The van der Waals surface area contributed by atoms with Crippen LogP contribution in [0.3, 0.4) is 0 Å². The highest BCUT2D eigenvalue weighted by Gasteiger charge is 2.34. The van der Waals surface area contributed by atoms with E-state index in [1.807, 2.05) is 0 Å². The van der Waals surface area contributed by atoms with E-state index >= 15 is 0 Å². The van der Waals surface area contributed by atoms with Crippen molar-refractivity contribution in [3.63, 3.8) is 0 Å². The summed E-state index contributed by atoms with van der Waals surface area (Å²) in [7, 11) is -3.80. The number of anilines is 2. The van der Waals surface area contributed by atoms with E-state index in [1.54, 1.807) is 30.9 Å². The quantitative estimate of drug-likeness (QED) is 0.916. The van der Waals surface area contributed by atoms with Gasteiger partial charge in [-0.05, 0) is 49.9 Å². The SMILES string of the molecule is Cc1noc(NS(=O)(=O)c2cc3c4c(c2)CC(=O)N4CCC3)c1C. The summed E-state index contributed by atoms with van der Waals surface area (Å²) < 4.78 is 32.9. The van der Waals surface area contributed by atoms with Crippen LogP contribution in [0, 0.1) is 13.8 Å². The lowest BCUT2D eigenvalue weighted by Gasteiger charge is -2.25. The van der Waals surface area contributed by atoms with Gasteiger partial charge in [0.2, 0.25) is 11.8 Å². The van der Waals surface area contributed by atoms with Gasteiger partial charge in [0.1, 0.15) is 0 Å². The Hall–Kier alpha value is -2.35. The molecular weight excluding hydrogens is 330 g/mol. The Labute approximate surface area is 139 Å². The maximum atomic E-state index is 12.7. The average molecular weight is 347 g/mol. The van der Waals surface area contributed by atoms with Gasteiger partial charge in [-0.1, -0.05) is 5.16 Å². The van der Waals surface area contributed by atoms with Crippen LogP contribution in [0.15, 0.2) is 21.6 Å². The molecule has 7 nitrogen and oxygen atoms in total. The first-order valence-corrected chi connectivity index (χ1v) is 9.27. The van der Waals surface area contributed by atoms with Gasteiger partial charge in [-0.3, -0.25) is 4.79 Å². The second-order valence-electron chi connectivity index (χ2n) is 6.24. The first kappa shape index (κ1) is 15.2. The van der Waals surface area contributed by atoms with Gasteiger partial charge in [-0.2, -0.15) is 0 Å². The number of benzene rings is 1. The Morgan fingerprint density at radius 3 is 2.71 bits per heavy atom. The first-order valence-electron chi connectivity index (χ1n) is 7.78. The molecule has 3 heterocycles. The van der Waals surface area contributed by atoms with Gasteiger partial charge in [0.15, 0.2) is 0 Å². The van der Waals surface area contributed by atoms with Crippen LogP contribution in [0.1, 0.15) is 28.8 Å². The molecule has 0 fully saturated rings. The molecule has 0 aliphatic carbocycles. The average Bonchev–Trinajstić information content (AvgIpc) is 3.03. The topological polar surface area (TPSA) is 92.5 Å². The van der Waals surface area contributed by atoms with Crippen LogP contribution in [0.5, 0.6) is 0 Å². The minimum absolute atomic E-state index is 0.0372. The molecule has 4 rings (SSSR count). The number of aromatic nitrogens is 1. The van der Waals surface area contributed by atoms with Gasteiger partial charge in [-0.25, -0.2) is 13.1 Å². The van der Waals surface area contributed by atoms with Crippen LogP contribution in [0.4, 0.5) is 11.6 Å². The van der Waals surface area contributed by atoms with E-state index in [-0.39, 0.29) is 23.1 Å². The highest BCUT2D eigenvalue weighted by molar-refractivity contribution is 7.92. The van der Waals surface area contributed by atoms with Gasteiger partial charge in [0.25, 0.3) is 10.0 Å². The number of hydrogen-bond acceptors (Lipinski definition) is 5. The van der Waals surface area contributed by atoms with Crippen LogP contribution in [0.25, 0.3) is 0 Å². The van der Waals surface area contributed by atoms with E-state index in [1.165, 1.54) is 0 Å². The predicted octanol–water partition coefficient (Wildman–Crippen LogP) is 1.93. The van der Waals surface area contributed by atoms with Gasteiger partial charge in [-0.15, -0.1) is 0 Å². The number of nitrogens with zero attached hydrogens (tertiary/aromatic N) is 2. The summed E-state index contributed by atoms with van der Waals surface area (Å²) in [5, 5.41) is 3.76. The second kappa shape index (κ2) is 5.07. The molecule has 1 N–H and O–H groups in total. The van der Waals surface area contributed by atoms with Crippen molar-refractivity contribution in [3.8, 4) is 0 Å². The van der Waals surface area contributed by atoms with Crippen LogP contribution in [-0.4, -0.2) is 26.0 Å². The van der Waals surface area contributed by atoms with E-state index in [9.17, 15) is 13.2 Å². The lowest BCUT2D eigenvalue weighted by Crippen LogP contribution is -2.31. The number of nitrogens with one attached hydrogen (secondary N) is 1. The molecule has 0 unspecified atom stereocenters. The van der Waals surface area contributed by atoms with E-state index in [0.717, 1.165) is 29.7 Å².